The van der Waals surface area contributed by atoms with E-state index >= 15 is 0 Å². The zero-order chi connectivity index (χ0) is 27.5. The number of carbonyl (C=O) groups excluding carboxylic acids is 1. The van der Waals surface area contributed by atoms with Gasteiger partial charge in [-0.05, 0) is 42.5 Å². The van der Waals surface area contributed by atoms with Crippen LogP contribution in [0.4, 0.5) is 5.13 Å². The molecule has 0 spiro atoms. The molecule has 0 N–H and O–H groups in total. The predicted molar refractivity (Wildman–Crippen MR) is 155 cm³/mol. The number of morpholine rings is 1. The van der Waals surface area contributed by atoms with E-state index in [1.54, 1.807) is 30.9 Å². The molecule has 0 unspecified atom stereocenters. The van der Waals surface area contributed by atoms with Crippen molar-refractivity contribution in [2.75, 3.05) is 63.6 Å². The number of anilines is 1. The molecule has 2 aromatic carbocycles. The van der Waals surface area contributed by atoms with E-state index < -0.39 is 19.9 Å². The maximum Gasteiger partial charge on any atom is 0.260 e. The number of ether oxygens (including phenoxy) is 1. The van der Waals surface area contributed by atoms with Crippen LogP contribution in [-0.4, -0.2) is 95.7 Å². The Bertz CT molecular complexity index is 1500. The standard InChI is InChI=1S/C25H32N4O6S3.ClH/c1-4-28(5-2)38(33,34)20-8-6-19(7-9-20)24(30)29(13-12-27-14-16-35-17-15-27)25-26-22-11-10-21(37(3,31)32)18-23(22)36-25;/h6-11,18H,4-5,12-17H2,1-3H3;1H. The normalized spacial score (nSPS) is 14.9. The third kappa shape index (κ3) is 7.15. The van der Waals surface area contributed by atoms with Gasteiger partial charge < -0.3 is 4.74 Å². The average molecular weight is 617 g/mol. The van der Waals surface area contributed by atoms with Crippen LogP contribution in [0.15, 0.2) is 52.3 Å². The first-order valence-corrected chi connectivity index (χ1v) is 16.5. The van der Waals surface area contributed by atoms with Crippen LogP contribution in [0.2, 0.25) is 0 Å². The summed E-state index contributed by atoms with van der Waals surface area (Å²) in [7, 11) is -7.03. The molecule has 4 rings (SSSR count). The van der Waals surface area contributed by atoms with Gasteiger partial charge in [0.05, 0.1) is 33.2 Å². The van der Waals surface area contributed by atoms with E-state index in [0.717, 1.165) is 19.3 Å². The highest BCUT2D eigenvalue weighted by Crippen LogP contribution is 2.31. The van der Waals surface area contributed by atoms with Crippen molar-refractivity contribution < 1.29 is 26.4 Å². The van der Waals surface area contributed by atoms with E-state index in [-0.39, 0.29) is 28.1 Å². The van der Waals surface area contributed by atoms with Gasteiger partial charge in [0.25, 0.3) is 5.91 Å². The molecule has 3 aromatic rings. The highest BCUT2D eigenvalue weighted by Gasteiger charge is 2.25. The van der Waals surface area contributed by atoms with Crippen molar-refractivity contribution in [3.8, 4) is 0 Å². The molecule has 1 aliphatic rings. The molecule has 1 saturated heterocycles. The van der Waals surface area contributed by atoms with E-state index in [0.29, 0.717) is 60.3 Å². The summed E-state index contributed by atoms with van der Waals surface area (Å²) < 4.78 is 57.2. The summed E-state index contributed by atoms with van der Waals surface area (Å²) in [5.41, 5.74) is 0.934. The van der Waals surface area contributed by atoms with Crippen molar-refractivity contribution in [1.82, 2.24) is 14.2 Å². The lowest BCUT2D eigenvalue weighted by atomic mass is 10.2. The fraction of sp³-hybridized carbons (Fsp3) is 0.440. The first kappa shape index (κ1) is 31.4. The Labute approximate surface area is 239 Å². The van der Waals surface area contributed by atoms with Crippen LogP contribution < -0.4 is 4.90 Å². The molecule has 1 fully saturated rings. The summed E-state index contributed by atoms with van der Waals surface area (Å²) in [6.07, 6.45) is 1.15. The van der Waals surface area contributed by atoms with Crippen molar-refractivity contribution >= 4 is 64.9 Å². The zero-order valence-electron chi connectivity index (χ0n) is 22.1. The number of hydrogen-bond acceptors (Lipinski definition) is 9. The SMILES string of the molecule is CCN(CC)S(=O)(=O)c1ccc(C(=O)N(CCN2CCOCC2)c2nc3ccc(S(C)(=O)=O)cc3s2)cc1.Cl. The lowest BCUT2D eigenvalue weighted by molar-refractivity contribution is 0.0391. The minimum absolute atomic E-state index is 0. The van der Waals surface area contributed by atoms with E-state index in [4.69, 9.17) is 4.74 Å². The molecule has 39 heavy (non-hydrogen) atoms. The van der Waals surface area contributed by atoms with Crippen molar-refractivity contribution in [1.29, 1.82) is 0 Å². The first-order valence-electron chi connectivity index (χ1n) is 12.4. The summed E-state index contributed by atoms with van der Waals surface area (Å²) >= 11 is 1.25. The topological polar surface area (TPSA) is 117 Å². The van der Waals surface area contributed by atoms with E-state index in [1.807, 2.05) is 0 Å². The third-order valence-electron chi connectivity index (χ3n) is 6.44. The van der Waals surface area contributed by atoms with Crippen LogP contribution in [0.1, 0.15) is 24.2 Å². The van der Waals surface area contributed by atoms with Crippen LogP contribution >= 0.6 is 23.7 Å². The average Bonchev–Trinajstić information content (AvgIpc) is 3.32. The number of fused-ring (bicyclic) bond motifs is 1. The fourth-order valence-electron chi connectivity index (χ4n) is 4.23. The Hall–Kier alpha value is -2.13. The van der Waals surface area contributed by atoms with Crippen molar-refractivity contribution in [2.24, 2.45) is 0 Å². The van der Waals surface area contributed by atoms with Crippen LogP contribution in [0, 0.1) is 0 Å². The number of sulfone groups is 1. The largest absolute Gasteiger partial charge is 0.379 e. The number of aromatic nitrogens is 1. The maximum atomic E-state index is 13.7. The van der Waals surface area contributed by atoms with Crippen LogP contribution in [0.3, 0.4) is 0 Å². The minimum atomic E-state index is -3.64. The van der Waals surface area contributed by atoms with Gasteiger partial charge in [0.1, 0.15) is 0 Å². The highest BCUT2D eigenvalue weighted by atomic mass is 35.5. The van der Waals surface area contributed by atoms with Crippen LogP contribution in [-0.2, 0) is 24.6 Å². The lowest BCUT2D eigenvalue weighted by Gasteiger charge is -2.29. The van der Waals surface area contributed by atoms with Crippen molar-refractivity contribution in [2.45, 2.75) is 23.6 Å². The molecule has 0 bridgehead atoms. The van der Waals surface area contributed by atoms with Gasteiger partial charge in [-0.3, -0.25) is 14.6 Å². The molecule has 1 aliphatic heterocycles. The summed E-state index contributed by atoms with van der Waals surface area (Å²) in [5, 5.41) is 0.448. The summed E-state index contributed by atoms with van der Waals surface area (Å²) in [6.45, 7) is 8.02. The zero-order valence-corrected chi connectivity index (χ0v) is 25.3. The Morgan fingerprint density at radius 1 is 1.00 bits per heavy atom. The Morgan fingerprint density at radius 3 is 2.21 bits per heavy atom. The molecule has 1 aromatic heterocycles. The van der Waals surface area contributed by atoms with Gasteiger partial charge in [-0.2, -0.15) is 4.31 Å². The number of sulfonamides is 1. The maximum absolute atomic E-state index is 13.7. The van der Waals surface area contributed by atoms with Gasteiger partial charge in [0, 0.05) is 51.1 Å². The second-order valence-corrected chi connectivity index (χ2v) is 13.9. The number of hydrogen-bond donors (Lipinski definition) is 0. The van der Waals surface area contributed by atoms with Crippen molar-refractivity contribution in [3.63, 3.8) is 0 Å². The second-order valence-electron chi connectivity index (χ2n) is 8.92. The number of rotatable bonds is 10. The Balaban J connectivity index is 0.00000420. The fourth-order valence-corrected chi connectivity index (χ4v) is 7.44. The molecule has 0 aliphatic carbocycles. The van der Waals surface area contributed by atoms with Gasteiger partial charge in [-0.25, -0.2) is 21.8 Å². The number of amides is 1. The number of carbonyl (C=O) groups is 1. The quantitative estimate of drug-likeness (QED) is 0.341. The van der Waals surface area contributed by atoms with Crippen LogP contribution in [0.5, 0.6) is 0 Å². The Morgan fingerprint density at radius 2 is 1.62 bits per heavy atom. The van der Waals surface area contributed by atoms with Crippen LogP contribution in [0.25, 0.3) is 10.2 Å². The number of nitrogens with zero attached hydrogens (tertiary/aromatic N) is 4. The van der Waals surface area contributed by atoms with Gasteiger partial charge in [-0.1, -0.05) is 25.2 Å². The monoisotopic (exact) mass is 616 g/mol. The van der Waals surface area contributed by atoms with Gasteiger partial charge in [0.15, 0.2) is 15.0 Å². The minimum Gasteiger partial charge on any atom is -0.379 e. The molecular weight excluding hydrogens is 584 g/mol. The predicted octanol–water partition coefficient (Wildman–Crippen LogP) is 3.13. The molecule has 0 radical (unpaired) electrons. The summed E-state index contributed by atoms with van der Waals surface area (Å²) in [5.74, 6) is -0.313. The second kappa shape index (κ2) is 13.0. The third-order valence-corrected chi connectivity index (χ3v) is 10.7. The molecular formula is C25H33ClN4O6S3. The van der Waals surface area contributed by atoms with Gasteiger partial charge in [-0.15, -0.1) is 12.4 Å². The molecule has 0 atom stereocenters. The van der Waals surface area contributed by atoms with Gasteiger partial charge in [0.2, 0.25) is 10.0 Å². The molecule has 10 nitrogen and oxygen atoms in total. The first-order chi connectivity index (χ1) is 18.0. The molecule has 14 heteroatoms. The summed E-state index contributed by atoms with van der Waals surface area (Å²) in [4.78, 5) is 22.5. The highest BCUT2D eigenvalue weighted by molar-refractivity contribution is 7.90. The molecule has 0 saturated carbocycles. The smallest absolute Gasteiger partial charge is 0.260 e. The number of halogens is 1. The van der Waals surface area contributed by atoms with E-state index in [2.05, 4.69) is 9.88 Å². The van der Waals surface area contributed by atoms with E-state index in [1.165, 1.54) is 46.0 Å². The Kier molecular flexibility index (Phi) is 10.5. The summed E-state index contributed by atoms with van der Waals surface area (Å²) in [6, 6.07) is 10.7. The molecule has 2 heterocycles. The number of thiazole rings is 1. The molecule has 1 amide bonds. The van der Waals surface area contributed by atoms with E-state index in [9.17, 15) is 21.6 Å². The van der Waals surface area contributed by atoms with Crippen molar-refractivity contribution in [3.05, 3.63) is 48.0 Å². The van der Waals surface area contributed by atoms with Gasteiger partial charge >= 0.3 is 0 Å². The molecule has 214 valence electrons. The lowest BCUT2D eigenvalue weighted by Crippen LogP contribution is -2.43. The number of benzene rings is 2.